The van der Waals surface area contributed by atoms with E-state index in [9.17, 15) is 9.59 Å². The summed E-state index contributed by atoms with van der Waals surface area (Å²) in [5.74, 6) is -0.425. The highest BCUT2D eigenvalue weighted by Crippen LogP contribution is 2.20. The first kappa shape index (κ1) is 14.7. The average molecular weight is 363 g/mol. The number of carbonyl (C=O) groups is 2. The SMILES string of the molecule is COc1ccc(C(=O)N(C)CCC(=O)O)c(I)c1. The minimum atomic E-state index is -0.918. The minimum Gasteiger partial charge on any atom is -0.497 e. The largest absolute Gasteiger partial charge is 0.497 e. The van der Waals surface area contributed by atoms with E-state index in [0.29, 0.717) is 11.3 Å². The van der Waals surface area contributed by atoms with Crippen molar-refractivity contribution in [3.63, 3.8) is 0 Å². The second-order valence-electron chi connectivity index (χ2n) is 3.72. The van der Waals surface area contributed by atoms with Crippen LogP contribution in [-0.4, -0.2) is 42.6 Å². The smallest absolute Gasteiger partial charge is 0.305 e. The van der Waals surface area contributed by atoms with Crippen molar-refractivity contribution < 1.29 is 19.4 Å². The van der Waals surface area contributed by atoms with Gasteiger partial charge in [-0.3, -0.25) is 9.59 Å². The number of carbonyl (C=O) groups excluding carboxylic acids is 1. The Morgan fingerprint density at radius 3 is 2.61 bits per heavy atom. The summed E-state index contributed by atoms with van der Waals surface area (Å²) in [7, 11) is 3.15. The Bertz CT molecular complexity index is 461. The van der Waals surface area contributed by atoms with Crippen molar-refractivity contribution in [2.75, 3.05) is 20.7 Å². The molecule has 0 aliphatic heterocycles. The molecule has 6 heteroatoms. The number of ether oxygens (including phenoxy) is 1. The molecular formula is C12H14INO4. The summed E-state index contributed by atoms with van der Waals surface area (Å²) in [4.78, 5) is 23.9. The van der Waals surface area contributed by atoms with Crippen molar-refractivity contribution in [3.05, 3.63) is 27.3 Å². The van der Waals surface area contributed by atoms with Crippen LogP contribution in [0.25, 0.3) is 0 Å². The van der Waals surface area contributed by atoms with Crippen LogP contribution in [0.4, 0.5) is 0 Å². The molecule has 1 aromatic rings. The lowest BCUT2D eigenvalue weighted by molar-refractivity contribution is -0.137. The Labute approximate surface area is 119 Å². The van der Waals surface area contributed by atoms with Crippen LogP contribution in [0.3, 0.4) is 0 Å². The molecule has 1 N–H and O–H groups in total. The molecule has 0 bridgehead atoms. The highest BCUT2D eigenvalue weighted by Gasteiger charge is 2.15. The molecule has 0 aliphatic rings. The third-order valence-corrected chi connectivity index (χ3v) is 3.31. The zero-order valence-corrected chi connectivity index (χ0v) is 12.3. The molecule has 0 spiro atoms. The Kier molecular flexibility index (Phi) is 5.39. The van der Waals surface area contributed by atoms with Crippen LogP contribution in [0.5, 0.6) is 5.75 Å². The third kappa shape index (κ3) is 3.86. The highest BCUT2D eigenvalue weighted by atomic mass is 127. The monoisotopic (exact) mass is 363 g/mol. The maximum Gasteiger partial charge on any atom is 0.305 e. The number of methoxy groups -OCH3 is 1. The molecule has 98 valence electrons. The van der Waals surface area contributed by atoms with Crippen LogP contribution in [0.1, 0.15) is 16.8 Å². The van der Waals surface area contributed by atoms with E-state index in [-0.39, 0.29) is 18.9 Å². The number of rotatable bonds is 5. The van der Waals surface area contributed by atoms with Gasteiger partial charge in [-0.15, -0.1) is 0 Å². The molecule has 0 unspecified atom stereocenters. The van der Waals surface area contributed by atoms with Crippen molar-refractivity contribution in [1.29, 1.82) is 0 Å². The van der Waals surface area contributed by atoms with Crippen molar-refractivity contribution in [3.8, 4) is 5.75 Å². The summed E-state index contributed by atoms with van der Waals surface area (Å²) in [6.07, 6.45) is -0.0605. The lowest BCUT2D eigenvalue weighted by Gasteiger charge is -2.17. The summed E-state index contributed by atoms with van der Waals surface area (Å²) < 4.78 is 5.84. The van der Waals surface area contributed by atoms with Crippen molar-refractivity contribution >= 4 is 34.5 Å². The highest BCUT2D eigenvalue weighted by molar-refractivity contribution is 14.1. The first-order valence-corrected chi connectivity index (χ1v) is 6.34. The molecule has 5 nitrogen and oxygen atoms in total. The zero-order valence-electron chi connectivity index (χ0n) is 10.1. The Hall–Kier alpha value is -1.31. The Morgan fingerprint density at radius 1 is 1.44 bits per heavy atom. The molecule has 1 amide bonds. The molecular weight excluding hydrogens is 349 g/mol. The van der Waals surface area contributed by atoms with Gasteiger partial charge in [0.15, 0.2) is 0 Å². The number of amides is 1. The normalized spacial score (nSPS) is 9.94. The number of hydrogen-bond acceptors (Lipinski definition) is 3. The number of hydrogen-bond donors (Lipinski definition) is 1. The molecule has 0 fully saturated rings. The molecule has 0 aliphatic carbocycles. The van der Waals surface area contributed by atoms with E-state index in [1.807, 2.05) is 0 Å². The van der Waals surface area contributed by atoms with Gasteiger partial charge in [-0.2, -0.15) is 0 Å². The van der Waals surface area contributed by atoms with Crippen molar-refractivity contribution in [2.24, 2.45) is 0 Å². The van der Waals surface area contributed by atoms with E-state index >= 15 is 0 Å². The maximum absolute atomic E-state index is 12.1. The van der Waals surface area contributed by atoms with Gasteiger partial charge in [0.1, 0.15) is 5.75 Å². The van der Waals surface area contributed by atoms with Crippen LogP contribution < -0.4 is 4.74 Å². The van der Waals surface area contributed by atoms with E-state index in [1.165, 1.54) is 4.90 Å². The average Bonchev–Trinajstić information content (AvgIpc) is 2.34. The molecule has 18 heavy (non-hydrogen) atoms. The second-order valence-corrected chi connectivity index (χ2v) is 4.88. The topological polar surface area (TPSA) is 66.8 Å². The minimum absolute atomic E-state index is 0.0605. The van der Waals surface area contributed by atoms with E-state index < -0.39 is 5.97 Å². The number of aliphatic carboxylic acids is 1. The summed E-state index contributed by atoms with van der Waals surface area (Å²) in [5.41, 5.74) is 0.546. The van der Waals surface area contributed by atoms with Crippen LogP contribution in [0.2, 0.25) is 0 Å². The van der Waals surface area contributed by atoms with Gasteiger partial charge in [-0.05, 0) is 40.8 Å². The zero-order chi connectivity index (χ0) is 13.7. The third-order valence-electron chi connectivity index (χ3n) is 2.41. The molecule has 0 radical (unpaired) electrons. The van der Waals surface area contributed by atoms with Crippen molar-refractivity contribution in [1.82, 2.24) is 4.90 Å². The quantitative estimate of drug-likeness (QED) is 0.811. The van der Waals surface area contributed by atoms with Gasteiger partial charge < -0.3 is 14.7 Å². The molecule has 1 rings (SSSR count). The molecule has 0 saturated heterocycles. The summed E-state index contributed by atoms with van der Waals surface area (Å²) in [6.45, 7) is 0.191. The van der Waals surface area contributed by atoms with E-state index in [1.54, 1.807) is 32.4 Å². The number of nitrogens with zero attached hydrogens (tertiary/aromatic N) is 1. The Morgan fingerprint density at radius 2 is 2.11 bits per heavy atom. The molecule has 0 aromatic heterocycles. The van der Waals surface area contributed by atoms with Crippen LogP contribution in [-0.2, 0) is 4.79 Å². The standard InChI is InChI=1S/C12H14INO4/c1-14(6-5-11(15)16)12(17)9-4-3-8(18-2)7-10(9)13/h3-4,7H,5-6H2,1-2H3,(H,15,16). The second kappa shape index (κ2) is 6.58. The Balaban J connectivity index is 2.80. The summed E-state index contributed by atoms with van der Waals surface area (Å²) >= 11 is 2.06. The van der Waals surface area contributed by atoms with Crippen molar-refractivity contribution in [2.45, 2.75) is 6.42 Å². The fraction of sp³-hybridized carbons (Fsp3) is 0.333. The maximum atomic E-state index is 12.1. The molecule has 1 aromatic carbocycles. The number of benzene rings is 1. The van der Waals surface area contributed by atoms with Gasteiger partial charge in [0.05, 0.1) is 19.1 Å². The predicted octanol–water partition coefficient (Wildman–Crippen LogP) is 1.85. The molecule has 0 atom stereocenters. The van der Waals surface area contributed by atoms with Crippen LogP contribution in [0, 0.1) is 3.57 Å². The van der Waals surface area contributed by atoms with Crippen LogP contribution in [0.15, 0.2) is 18.2 Å². The van der Waals surface area contributed by atoms with Crippen LogP contribution >= 0.6 is 22.6 Å². The predicted molar refractivity (Wildman–Crippen MR) is 74.9 cm³/mol. The molecule has 0 saturated carbocycles. The van der Waals surface area contributed by atoms with E-state index in [2.05, 4.69) is 22.6 Å². The number of carboxylic acids is 1. The summed E-state index contributed by atoms with van der Waals surface area (Å²) in [5, 5.41) is 8.58. The van der Waals surface area contributed by atoms with Gasteiger partial charge in [0, 0.05) is 17.2 Å². The molecule has 0 heterocycles. The number of halogens is 1. The number of carboxylic acid groups (broad SMARTS) is 1. The lowest BCUT2D eigenvalue weighted by atomic mass is 10.2. The van der Waals surface area contributed by atoms with E-state index in [0.717, 1.165) is 3.57 Å². The fourth-order valence-electron chi connectivity index (χ4n) is 1.37. The lowest BCUT2D eigenvalue weighted by Crippen LogP contribution is -2.29. The fourth-order valence-corrected chi connectivity index (χ4v) is 2.08. The van der Waals surface area contributed by atoms with Gasteiger partial charge in [0.25, 0.3) is 5.91 Å². The first-order chi connectivity index (χ1) is 8.45. The van der Waals surface area contributed by atoms with Gasteiger partial charge in [0.2, 0.25) is 0 Å². The van der Waals surface area contributed by atoms with Gasteiger partial charge >= 0.3 is 5.97 Å². The summed E-state index contributed by atoms with van der Waals surface area (Å²) in [6, 6.07) is 5.15. The van der Waals surface area contributed by atoms with Gasteiger partial charge in [-0.25, -0.2) is 0 Å². The van der Waals surface area contributed by atoms with Gasteiger partial charge in [-0.1, -0.05) is 0 Å². The first-order valence-electron chi connectivity index (χ1n) is 5.26. The van der Waals surface area contributed by atoms with E-state index in [4.69, 9.17) is 9.84 Å².